The van der Waals surface area contributed by atoms with Crippen LogP contribution in [-0.4, -0.2) is 32.3 Å². The minimum absolute atomic E-state index is 0.0131. The Labute approximate surface area is 202 Å². The van der Waals surface area contributed by atoms with Gasteiger partial charge < -0.3 is 9.30 Å². The fraction of sp³-hybridized carbons (Fsp3) is 0.542. The van der Waals surface area contributed by atoms with Gasteiger partial charge in [0.15, 0.2) is 5.65 Å². The number of thiazole rings is 1. The number of rotatable bonds is 3. The van der Waals surface area contributed by atoms with Crippen LogP contribution in [0.15, 0.2) is 17.1 Å². The van der Waals surface area contributed by atoms with Gasteiger partial charge in [-0.15, -0.1) is 0 Å². The molecule has 2 unspecified atom stereocenters. The predicted octanol–water partition coefficient (Wildman–Crippen LogP) is 4.58. The van der Waals surface area contributed by atoms with Crippen LogP contribution in [0.25, 0.3) is 11.0 Å². The van der Waals surface area contributed by atoms with Crippen LogP contribution in [0.3, 0.4) is 0 Å². The highest BCUT2D eigenvalue weighted by molar-refractivity contribution is 7.09. The summed E-state index contributed by atoms with van der Waals surface area (Å²) < 4.78 is 48.2. The molecular weight excluding hydrogens is 479 g/mol. The summed E-state index contributed by atoms with van der Waals surface area (Å²) in [4.78, 5) is 26.9. The minimum Gasteiger partial charge on any atom is -0.373 e. The average Bonchev–Trinajstić information content (AvgIpc) is 3.08. The second-order valence-electron chi connectivity index (χ2n) is 10.2. The smallest absolute Gasteiger partial charge is 0.373 e. The van der Waals surface area contributed by atoms with E-state index < -0.39 is 17.0 Å². The molecule has 182 valence electrons. The van der Waals surface area contributed by atoms with Crippen LogP contribution in [0.2, 0.25) is 0 Å². The van der Waals surface area contributed by atoms with Crippen LogP contribution in [0, 0.1) is 23.7 Å². The van der Waals surface area contributed by atoms with Crippen LogP contribution >= 0.6 is 11.3 Å². The normalized spacial score (nSPS) is 29.9. The van der Waals surface area contributed by atoms with Gasteiger partial charge in [-0.05, 0) is 45.1 Å². The van der Waals surface area contributed by atoms with Crippen molar-refractivity contribution in [1.82, 2.24) is 19.5 Å². The van der Waals surface area contributed by atoms with E-state index in [1.54, 1.807) is 26.2 Å². The standard InChI is InChI=1S/C24H22F3N5O2S/c1-12-14(7-28)5-15-18(22-9-23(10-22,11-22)24(25,26)27)30-19(31-20(15)29-12)13-3-4-34-16(6-13)17-8-32(2)21(33)35-17/h5,8,13,16H,3-4,6,9-11H2,1-2H3. The first-order chi connectivity index (χ1) is 16.5. The number of halogens is 3. The molecule has 0 amide bonds. The molecule has 1 saturated heterocycles. The van der Waals surface area contributed by atoms with Gasteiger partial charge in [0.2, 0.25) is 0 Å². The second-order valence-corrected chi connectivity index (χ2v) is 11.2. The van der Waals surface area contributed by atoms with Gasteiger partial charge in [0, 0.05) is 36.6 Å². The van der Waals surface area contributed by atoms with Crippen molar-refractivity contribution >= 4 is 22.4 Å². The van der Waals surface area contributed by atoms with Crippen LogP contribution in [0.5, 0.6) is 0 Å². The zero-order valence-corrected chi connectivity index (χ0v) is 20.0. The van der Waals surface area contributed by atoms with E-state index >= 15 is 0 Å². The summed E-state index contributed by atoms with van der Waals surface area (Å²) in [6, 6.07) is 3.79. The first-order valence-corrected chi connectivity index (χ1v) is 12.3. The van der Waals surface area contributed by atoms with Gasteiger partial charge in [-0.1, -0.05) is 11.3 Å². The Hall–Kier alpha value is -2.84. The zero-order valence-electron chi connectivity index (χ0n) is 19.1. The van der Waals surface area contributed by atoms with Crippen molar-refractivity contribution in [3.05, 3.63) is 49.6 Å². The van der Waals surface area contributed by atoms with Crippen molar-refractivity contribution in [3.8, 4) is 6.07 Å². The Kier molecular flexibility index (Phi) is 4.74. The molecule has 7 rings (SSSR count). The summed E-state index contributed by atoms with van der Waals surface area (Å²) in [7, 11) is 1.70. The fourth-order valence-corrected chi connectivity index (χ4v) is 6.93. The number of hydrogen-bond donors (Lipinski definition) is 0. The van der Waals surface area contributed by atoms with E-state index in [0.29, 0.717) is 53.3 Å². The first-order valence-electron chi connectivity index (χ1n) is 11.5. The Morgan fingerprint density at radius 1 is 1.26 bits per heavy atom. The van der Waals surface area contributed by atoms with Crippen molar-refractivity contribution in [2.45, 2.75) is 62.6 Å². The highest BCUT2D eigenvalue weighted by atomic mass is 32.1. The van der Waals surface area contributed by atoms with Gasteiger partial charge in [0.25, 0.3) is 0 Å². The number of pyridine rings is 1. The molecule has 4 aliphatic rings. The molecule has 35 heavy (non-hydrogen) atoms. The molecule has 1 aliphatic heterocycles. The van der Waals surface area contributed by atoms with E-state index in [9.17, 15) is 23.2 Å². The molecular formula is C24H22F3N5O2S. The molecule has 3 saturated carbocycles. The summed E-state index contributed by atoms with van der Waals surface area (Å²) in [5, 5.41) is 10.1. The lowest BCUT2D eigenvalue weighted by Gasteiger charge is -2.70. The summed E-state index contributed by atoms with van der Waals surface area (Å²) >= 11 is 1.15. The third kappa shape index (κ3) is 3.26. The van der Waals surface area contributed by atoms with Gasteiger partial charge in [-0.25, -0.2) is 15.0 Å². The van der Waals surface area contributed by atoms with Crippen LogP contribution in [-0.2, 0) is 17.2 Å². The molecule has 4 fully saturated rings. The minimum atomic E-state index is -4.22. The highest BCUT2D eigenvalue weighted by Crippen LogP contribution is 2.78. The number of aromatic nitrogens is 4. The van der Waals surface area contributed by atoms with Crippen LogP contribution < -0.4 is 4.87 Å². The van der Waals surface area contributed by atoms with E-state index in [2.05, 4.69) is 11.1 Å². The maximum atomic E-state index is 13.6. The number of nitriles is 1. The fourth-order valence-electron chi connectivity index (χ4n) is 6.02. The Balaban J connectivity index is 1.41. The third-order valence-electron chi connectivity index (χ3n) is 7.93. The van der Waals surface area contributed by atoms with Crippen molar-refractivity contribution in [3.63, 3.8) is 0 Å². The van der Waals surface area contributed by atoms with Crippen molar-refractivity contribution in [1.29, 1.82) is 5.26 Å². The van der Waals surface area contributed by atoms with E-state index in [1.807, 2.05) is 0 Å². The highest BCUT2D eigenvalue weighted by Gasteiger charge is 2.79. The monoisotopic (exact) mass is 501 g/mol. The molecule has 3 aliphatic carbocycles. The number of ether oxygens (including phenoxy) is 1. The third-order valence-corrected chi connectivity index (χ3v) is 9.00. The van der Waals surface area contributed by atoms with Gasteiger partial charge in [0.1, 0.15) is 11.9 Å². The van der Waals surface area contributed by atoms with Gasteiger partial charge in [0.05, 0.1) is 33.3 Å². The Morgan fingerprint density at radius 2 is 2.00 bits per heavy atom. The number of alkyl halides is 3. The first kappa shape index (κ1) is 22.6. The Morgan fingerprint density at radius 3 is 2.63 bits per heavy atom. The summed E-state index contributed by atoms with van der Waals surface area (Å²) in [5.74, 6) is 0.465. The van der Waals surface area contributed by atoms with E-state index in [4.69, 9.17) is 14.7 Å². The number of nitrogens with zero attached hydrogens (tertiary/aromatic N) is 5. The van der Waals surface area contributed by atoms with Crippen molar-refractivity contribution < 1.29 is 17.9 Å². The van der Waals surface area contributed by atoms with Crippen LogP contribution in [0.1, 0.15) is 71.8 Å². The maximum absolute atomic E-state index is 13.6. The molecule has 0 aromatic carbocycles. The quantitative estimate of drug-likeness (QED) is 0.521. The molecule has 0 spiro atoms. The lowest BCUT2D eigenvalue weighted by molar-refractivity contribution is -0.337. The largest absolute Gasteiger partial charge is 0.394 e. The molecule has 2 atom stereocenters. The topological polar surface area (TPSA) is 93.7 Å². The van der Waals surface area contributed by atoms with E-state index in [-0.39, 0.29) is 36.2 Å². The summed E-state index contributed by atoms with van der Waals surface area (Å²) in [5.41, 5.74) is -0.371. The molecule has 3 aromatic rings. The molecule has 4 heterocycles. The molecule has 0 radical (unpaired) electrons. The zero-order chi connectivity index (χ0) is 24.8. The predicted molar refractivity (Wildman–Crippen MR) is 121 cm³/mol. The maximum Gasteiger partial charge on any atom is 0.394 e. The Bertz CT molecular complexity index is 1450. The summed E-state index contributed by atoms with van der Waals surface area (Å²) in [6.45, 7) is 2.19. The van der Waals surface area contributed by atoms with Gasteiger partial charge >= 0.3 is 11.0 Å². The van der Waals surface area contributed by atoms with E-state index in [0.717, 1.165) is 16.2 Å². The SMILES string of the molecule is Cc1nc2nc(C3CCOC(c4cn(C)c(=O)s4)C3)nc(C34CC(C(F)(F)F)(C3)C4)c2cc1C#N. The molecule has 11 heteroatoms. The molecule has 2 bridgehead atoms. The summed E-state index contributed by atoms with van der Waals surface area (Å²) in [6.07, 6.45) is -1.44. The lowest BCUT2D eigenvalue weighted by Crippen LogP contribution is -2.70. The van der Waals surface area contributed by atoms with E-state index in [1.165, 1.54) is 4.57 Å². The van der Waals surface area contributed by atoms with Crippen molar-refractivity contribution in [2.24, 2.45) is 12.5 Å². The number of hydrogen-bond acceptors (Lipinski definition) is 7. The molecule has 0 N–H and O–H groups in total. The molecule has 3 aromatic heterocycles. The van der Waals surface area contributed by atoms with Gasteiger partial charge in [-0.2, -0.15) is 18.4 Å². The molecule has 7 nitrogen and oxygen atoms in total. The second kappa shape index (κ2) is 7.34. The number of fused-ring (bicyclic) bond motifs is 1. The van der Waals surface area contributed by atoms with Crippen molar-refractivity contribution in [2.75, 3.05) is 6.61 Å². The number of aryl methyl sites for hydroxylation is 2. The van der Waals surface area contributed by atoms with Gasteiger partial charge in [-0.3, -0.25) is 4.79 Å². The van der Waals surface area contributed by atoms with Crippen LogP contribution in [0.4, 0.5) is 13.2 Å². The average molecular weight is 502 g/mol. The lowest BCUT2D eigenvalue weighted by atomic mass is 9.33.